The topological polar surface area (TPSA) is 55.8 Å². The molecule has 1 atom stereocenters. The molecule has 154 valence electrons. The Morgan fingerprint density at radius 3 is 2.18 bits per heavy atom. The molecule has 1 fully saturated rings. The minimum Gasteiger partial charge on any atom is -0.497 e. The van der Waals surface area contributed by atoms with E-state index in [2.05, 4.69) is 49.2 Å². The number of likely N-dealkylation sites (N-methyl/N-ethyl adjacent to an activating group) is 1. The lowest BCUT2D eigenvalue weighted by Crippen LogP contribution is -2.42. The lowest BCUT2D eigenvalue weighted by molar-refractivity contribution is -0.0987. The molecule has 0 amide bonds. The standard InChI is InChI=1S/C13H19NO.C8H10O.2CH2O/c1-14-9-10-15-11-13(14)8-7-12-5-3-2-4-6-12;1-7-3-5-8(9-2)6-4-7;2*1-2/h2-6,13H,7-11H2,1H3;3-6H,1-2H3;2*1H2. The molecule has 2 aromatic rings. The van der Waals surface area contributed by atoms with E-state index in [0.29, 0.717) is 6.04 Å². The molecule has 0 bridgehead atoms. The Morgan fingerprint density at radius 1 is 1.04 bits per heavy atom. The van der Waals surface area contributed by atoms with E-state index in [1.54, 1.807) is 7.11 Å². The van der Waals surface area contributed by atoms with E-state index in [1.165, 1.54) is 17.5 Å². The van der Waals surface area contributed by atoms with Gasteiger partial charge in [-0.15, -0.1) is 0 Å². The summed E-state index contributed by atoms with van der Waals surface area (Å²) in [6.45, 7) is 8.90. The van der Waals surface area contributed by atoms with Crippen LogP contribution in [-0.4, -0.2) is 58.4 Å². The smallest absolute Gasteiger partial charge is 0.118 e. The van der Waals surface area contributed by atoms with Crippen molar-refractivity contribution in [3.63, 3.8) is 0 Å². The molecule has 3 rings (SSSR count). The van der Waals surface area contributed by atoms with Crippen molar-refractivity contribution in [2.75, 3.05) is 33.9 Å². The number of hydrogen-bond acceptors (Lipinski definition) is 5. The van der Waals surface area contributed by atoms with Crippen molar-refractivity contribution in [1.82, 2.24) is 4.90 Å². The van der Waals surface area contributed by atoms with Gasteiger partial charge in [0.05, 0.1) is 20.3 Å². The minimum atomic E-state index is 0.596. The molecule has 1 heterocycles. The Bertz CT molecular complexity index is 602. The fourth-order valence-corrected chi connectivity index (χ4v) is 2.69. The molecule has 28 heavy (non-hydrogen) atoms. The van der Waals surface area contributed by atoms with Crippen LogP contribution in [0, 0.1) is 6.92 Å². The van der Waals surface area contributed by atoms with Crippen LogP contribution >= 0.6 is 0 Å². The largest absolute Gasteiger partial charge is 0.497 e. The van der Waals surface area contributed by atoms with Crippen LogP contribution in [0.15, 0.2) is 54.6 Å². The monoisotopic (exact) mass is 387 g/mol. The van der Waals surface area contributed by atoms with E-state index < -0.39 is 0 Å². The highest BCUT2D eigenvalue weighted by Gasteiger charge is 2.18. The van der Waals surface area contributed by atoms with E-state index in [-0.39, 0.29) is 0 Å². The first-order valence-corrected chi connectivity index (χ1v) is 9.19. The highest BCUT2D eigenvalue weighted by Crippen LogP contribution is 2.12. The van der Waals surface area contributed by atoms with Crippen molar-refractivity contribution in [3.8, 4) is 5.75 Å². The van der Waals surface area contributed by atoms with Gasteiger partial charge in [-0.2, -0.15) is 0 Å². The summed E-state index contributed by atoms with van der Waals surface area (Å²) in [5, 5.41) is 0. The third-order valence-electron chi connectivity index (χ3n) is 4.39. The van der Waals surface area contributed by atoms with Crippen LogP contribution in [0.3, 0.4) is 0 Å². The van der Waals surface area contributed by atoms with Gasteiger partial charge in [-0.25, -0.2) is 0 Å². The molecule has 0 saturated carbocycles. The van der Waals surface area contributed by atoms with Crippen molar-refractivity contribution in [1.29, 1.82) is 0 Å². The van der Waals surface area contributed by atoms with Crippen LogP contribution in [0.1, 0.15) is 17.5 Å². The van der Waals surface area contributed by atoms with E-state index in [4.69, 9.17) is 19.1 Å². The number of ether oxygens (including phenoxy) is 2. The number of methoxy groups -OCH3 is 1. The van der Waals surface area contributed by atoms with E-state index >= 15 is 0 Å². The van der Waals surface area contributed by atoms with Crippen molar-refractivity contribution in [3.05, 3.63) is 65.7 Å². The summed E-state index contributed by atoms with van der Waals surface area (Å²) in [6.07, 6.45) is 2.35. The molecular weight excluding hydrogens is 354 g/mol. The fraction of sp³-hybridized carbons (Fsp3) is 0.391. The molecule has 0 N–H and O–H groups in total. The summed E-state index contributed by atoms with van der Waals surface area (Å²) in [7, 11) is 3.86. The average molecular weight is 388 g/mol. The van der Waals surface area contributed by atoms with E-state index in [9.17, 15) is 0 Å². The summed E-state index contributed by atoms with van der Waals surface area (Å²) in [5.41, 5.74) is 2.69. The number of rotatable bonds is 4. The Balaban J connectivity index is 0.000000481. The first-order valence-electron chi connectivity index (χ1n) is 9.19. The first-order chi connectivity index (χ1) is 13.7. The van der Waals surface area contributed by atoms with Crippen LogP contribution in [0.5, 0.6) is 5.75 Å². The first kappa shape index (κ1) is 25.5. The molecule has 1 saturated heterocycles. The predicted octanol–water partition coefficient (Wildman–Crippen LogP) is 3.58. The van der Waals surface area contributed by atoms with Crippen molar-refractivity contribution in [2.24, 2.45) is 0 Å². The number of benzene rings is 2. The summed E-state index contributed by atoms with van der Waals surface area (Å²) in [5.74, 6) is 0.917. The van der Waals surface area contributed by atoms with E-state index in [1.807, 2.05) is 37.8 Å². The molecule has 1 aliphatic heterocycles. The normalized spacial score (nSPS) is 15.5. The zero-order chi connectivity index (χ0) is 21.2. The maximum atomic E-state index is 8.00. The third kappa shape index (κ3) is 10.6. The zero-order valence-corrected chi connectivity index (χ0v) is 17.3. The molecule has 1 unspecified atom stereocenters. The number of morpholine rings is 1. The average Bonchev–Trinajstić information content (AvgIpc) is 2.78. The number of carbonyl (C=O) groups excluding carboxylic acids is 2. The van der Waals surface area contributed by atoms with Gasteiger partial charge >= 0.3 is 0 Å². The van der Waals surface area contributed by atoms with Crippen LogP contribution in [0.25, 0.3) is 0 Å². The Hall–Kier alpha value is -2.50. The number of carbonyl (C=O) groups is 2. The summed E-state index contributed by atoms with van der Waals surface area (Å²) in [6, 6.07) is 19.2. The maximum Gasteiger partial charge on any atom is 0.118 e. The number of hydrogen-bond donors (Lipinski definition) is 0. The van der Waals surface area contributed by atoms with Gasteiger partial charge in [0.15, 0.2) is 0 Å². The maximum absolute atomic E-state index is 8.00. The van der Waals surface area contributed by atoms with Gasteiger partial charge in [0.1, 0.15) is 19.3 Å². The van der Waals surface area contributed by atoms with Crippen LogP contribution < -0.4 is 4.74 Å². The highest BCUT2D eigenvalue weighted by molar-refractivity contribution is 5.25. The molecular formula is C23H33NO4. The SMILES string of the molecule is C=O.C=O.CN1CCOCC1CCc1ccccc1.COc1ccc(C)cc1. The second-order valence-electron chi connectivity index (χ2n) is 6.25. The van der Waals surface area contributed by atoms with Gasteiger partial charge in [-0.1, -0.05) is 48.0 Å². The molecule has 5 heteroatoms. The molecule has 0 aromatic heterocycles. The number of nitrogens with zero attached hydrogens (tertiary/aromatic N) is 1. The molecule has 1 aliphatic rings. The number of aryl methyl sites for hydroxylation is 2. The second-order valence-corrected chi connectivity index (χ2v) is 6.25. The minimum absolute atomic E-state index is 0.596. The van der Waals surface area contributed by atoms with Crippen LogP contribution in [0.2, 0.25) is 0 Å². The van der Waals surface area contributed by atoms with Gasteiger partial charge in [0, 0.05) is 12.6 Å². The Kier molecular flexibility index (Phi) is 15.2. The highest BCUT2D eigenvalue weighted by atomic mass is 16.5. The Morgan fingerprint density at radius 2 is 1.64 bits per heavy atom. The van der Waals surface area contributed by atoms with Crippen molar-refractivity contribution in [2.45, 2.75) is 25.8 Å². The van der Waals surface area contributed by atoms with E-state index in [0.717, 1.165) is 31.9 Å². The van der Waals surface area contributed by atoms with Crippen molar-refractivity contribution < 1.29 is 19.1 Å². The van der Waals surface area contributed by atoms with Gasteiger partial charge in [-0.3, -0.25) is 4.90 Å². The Labute approximate surface area is 169 Å². The lowest BCUT2D eigenvalue weighted by atomic mass is 10.0. The van der Waals surface area contributed by atoms with Crippen LogP contribution in [-0.2, 0) is 20.7 Å². The zero-order valence-electron chi connectivity index (χ0n) is 17.3. The lowest BCUT2D eigenvalue weighted by Gasteiger charge is -2.32. The van der Waals surface area contributed by atoms with Crippen molar-refractivity contribution >= 4 is 13.6 Å². The summed E-state index contributed by atoms with van der Waals surface area (Å²) in [4.78, 5) is 18.4. The molecule has 2 aromatic carbocycles. The second kappa shape index (κ2) is 16.7. The molecule has 0 aliphatic carbocycles. The summed E-state index contributed by atoms with van der Waals surface area (Å²) >= 11 is 0. The summed E-state index contributed by atoms with van der Waals surface area (Å²) < 4.78 is 10.5. The molecule has 0 radical (unpaired) electrons. The quantitative estimate of drug-likeness (QED) is 0.803. The van der Waals surface area contributed by atoms with Gasteiger partial charge in [0.2, 0.25) is 0 Å². The van der Waals surface area contributed by atoms with Crippen LogP contribution in [0.4, 0.5) is 0 Å². The molecule has 0 spiro atoms. The van der Waals surface area contributed by atoms with Gasteiger partial charge in [-0.05, 0) is 44.5 Å². The third-order valence-corrected chi connectivity index (χ3v) is 4.39. The van der Waals surface area contributed by atoms with Gasteiger partial charge < -0.3 is 19.1 Å². The fourth-order valence-electron chi connectivity index (χ4n) is 2.69. The van der Waals surface area contributed by atoms with Gasteiger partial charge in [0.25, 0.3) is 0 Å². The molecule has 5 nitrogen and oxygen atoms in total. The predicted molar refractivity (Wildman–Crippen MR) is 114 cm³/mol.